The van der Waals surface area contributed by atoms with Crippen molar-refractivity contribution in [3.05, 3.63) is 94.8 Å². The quantitative estimate of drug-likeness (QED) is 0.327. The molecule has 3 aromatic carbocycles. The first-order chi connectivity index (χ1) is 21.3. The summed E-state index contributed by atoms with van der Waals surface area (Å²) in [5.74, 6) is -2.14. The highest BCUT2D eigenvalue weighted by atomic mass is 32.2. The molecule has 3 aromatic rings. The van der Waals surface area contributed by atoms with Crippen LogP contribution in [0.1, 0.15) is 52.7 Å². The smallest absolute Gasteiger partial charge is 0.416 e. The average molecular weight is 646 g/mol. The highest BCUT2D eigenvalue weighted by molar-refractivity contribution is 7.92. The summed E-state index contributed by atoms with van der Waals surface area (Å²) < 4.78 is 84.1. The Kier molecular flexibility index (Phi) is 7.88. The SMILES string of the molecule is O=C(O)CN1CCC2(CC1)c1cc(C(=O)NCc3ccccc3C(F)(F)F)ccc1N(S(=O)(=O)c1ccc(F)cc1)C2C1CC1. The van der Waals surface area contributed by atoms with Gasteiger partial charge in [0.2, 0.25) is 0 Å². The Bertz CT molecular complexity index is 1730. The molecule has 1 saturated carbocycles. The van der Waals surface area contributed by atoms with Crippen LogP contribution >= 0.6 is 0 Å². The first-order valence-electron chi connectivity index (χ1n) is 14.6. The number of carboxylic acid groups (broad SMARTS) is 1. The molecule has 8 nitrogen and oxygen atoms in total. The third-order valence-electron chi connectivity index (χ3n) is 9.16. The van der Waals surface area contributed by atoms with E-state index in [1.807, 2.05) is 0 Å². The maximum absolute atomic E-state index is 14.2. The van der Waals surface area contributed by atoms with E-state index in [1.54, 1.807) is 17.0 Å². The number of hydrogen-bond donors (Lipinski definition) is 2. The summed E-state index contributed by atoms with van der Waals surface area (Å²) in [5.41, 5.74) is -0.489. The van der Waals surface area contributed by atoms with Crippen molar-refractivity contribution in [1.29, 1.82) is 0 Å². The lowest BCUT2D eigenvalue weighted by molar-refractivity contribution is -0.139. The number of carboxylic acids is 1. The van der Waals surface area contributed by atoms with Gasteiger partial charge in [0.15, 0.2) is 0 Å². The molecule has 0 bridgehead atoms. The number of carbonyl (C=O) groups is 2. The van der Waals surface area contributed by atoms with E-state index in [0.29, 0.717) is 37.2 Å². The number of piperidine rings is 1. The first-order valence-corrected chi connectivity index (χ1v) is 16.1. The van der Waals surface area contributed by atoms with Crippen molar-refractivity contribution in [3.8, 4) is 0 Å². The molecule has 1 aliphatic carbocycles. The van der Waals surface area contributed by atoms with Gasteiger partial charge in [0.25, 0.3) is 15.9 Å². The predicted octanol–water partition coefficient (Wildman–Crippen LogP) is 5.18. The minimum absolute atomic E-state index is 0.0230. The van der Waals surface area contributed by atoms with Gasteiger partial charge >= 0.3 is 12.1 Å². The molecule has 2 N–H and O–H groups in total. The molecule has 1 atom stereocenters. The lowest BCUT2D eigenvalue weighted by atomic mass is 9.68. The Morgan fingerprint density at radius 1 is 0.978 bits per heavy atom. The molecule has 45 heavy (non-hydrogen) atoms. The number of nitrogens with one attached hydrogen (secondary N) is 1. The molecule has 13 heteroatoms. The monoisotopic (exact) mass is 645 g/mol. The van der Waals surface area contributed by atoms with Crippen molar-refractivity contribution < 1.29 is 40.7 Å². The number of hydrogen-bond acceptors (Lipinski definition) is 5. The van der Waals surface area contributed by atoms with Gasteiger partial charge in [-0.1, -0.05) is 18.2 Å². The van der Waals surface area contributed by atoms with E-state index in [1.165, 1.54) is 40.7 Å². The minimum atomic E-state index is -4.59. The number of halogens is 4. The maximum Gasteiger partial charge on any atom is 0.416 e. The van der Waals surface area contributed by atoms with Gasteiger partial charge < -0.3 is 10.4 Å². The molecule has 2 aliphatic heterocycles. The zero-order chi connectivity index (χ0) is 32.1. The van der Waals surface area contributed by atoms with Crippen molar-refractivity contribution in [2.75, 3.05) is 23.9 Å². The average Bonchev–Trinajstić information content (AvgIpc) is 3.80. The molecule has 2 fully saturated rings. The summed E-state index contributed by atoms with van der Waals surface area (Å²) in [6, 6.07) is 13.7. The topological polar surface area (TPSA) is 107 Å². The molecule has 1 amide bonds. The number of sulfonamides is 1. The van der Waals surface area contributed by atoms with E-state index >= 15 is 0 Å². The number of rotatable bonds is 8. The van der Waals surface area contributed by atoms with Crippen LogP contribution in [0.4, 0.5) is 23.2 Å². The van der Waals surface area contributed by atoms with Gasteiger partial charge in [0.1, 0.15) is 5.82 Å². The summed E-state index contributed by atoms with van der Waals surface area (Å²) >= 11 is 0. The fourth-order valence-corrected chi connectivity index (χ4v) is 8.75. The summed E-state index contributed by atoms with van der Waals surface area (Å²) in [4.78, 5) is 26.5. The van der Waals surface area contributed by atoms with Gasteiger partial charge in [-0.15, -0.1) is 0 Å². The van der Waals surface area contributed by atoms with E-state index < -0.39 is 50.9 Å². The van der Waals surface area contributed by atoms with E-state index in [0.717, 1.165) is 31.0 Å². The van der Waals surface area contributed by atoms with Crippen LogP contribution in [0.2, 0.25) is 0 Å². The van der Waals surface area contributed by atoms with Gasteiger partial charge in [-0.2, -0.15) is 13.2 Å². The Balaban J connectivity index is 1.39. The van der Waals surface area contributed by atoms with E-state index in [-0.39, 0.29) is 35.0 Å². The first kappa shape index (κ1) is 31.0. The second-order valence-electron chi connectivity index (χ2n) is 11.9. The second-order valence-corrected chi connectivity index (χ2v) is 13.7. The van der Waals surface area contributed by atoms with Crippen LogP contribution in [0.5, 0.6) is 0 Å². The molecular weight excluding hydrogens is 614 g/mol. The number of nitrogens with zero attached hydrogens (tertiary/aromatic N) is 2. The number of benzene rings is 3. The van der Waals surface area contributed by atoms with Crippen molar-refractivity contribution in [2.45, 2.75) is 54.8 Å². The molecule has 238 valence electrons. The molecule has 1 unspecified atom stereocenters. The maximum atomic E-state index is 14.2. The normalized spacial score (nSPS) is 19.8. The third-order valence-corrected chi connectivity index (χ3v) is 11.0. The van der Waals surface area contributed by atoms with Crippen molar-refractivity contribution in [1.82, 2.24) is 10.2 Å². The van der Waals surface area contributed by atoms with E-state index in [4.69, 9.17) is 0 Å². The largest absolute Gasteiger partial charge is 0.480 e. The zero-order valence-electron chi connectivity index (χ0n) is 24.1. The number of amides is 1. The van der Waals surface area contributed by atoms with Crippen LogP contribution in [0.15, 0.2) is 71.6 Å². The van der Waals surface area contributed by atoms with Crippen LogP contribution < -0.4 is 9.62 Å². The number of alkyl halides is 3. The lowest BCUT2D eigenvalue weighted by Crippen LogP contribution is -2.54. The Labute approximate surface area is 257 Å². The molecule has 1 saturated heterocycles. The van der Waals surface area contributed by atoms with Crippen molar-refractivity contribution in [2.24, 2.45) is 5.92 Å². The van der Waals surface area contributed by atoms with Crippen molar-refractivity contribution in [3.63, 3.8) is 0 Å². The van der Waals surface area contributed by atoms with E-state index in [2.05, 4.69) is 5.32 Å². The van der Waals surface area contributed by atoms with Gasteiger partial charge in [0, 0.05) is 17.5 Å². The van der Waals surface area contributed by atoms with Gasteiger partial charge in [0.05, 0.1) is 28.7 Å². The number of likely N-dealkylation sites (tertiary alicyclic amines) is 1. The summed E-state index contributed by atoms with van der Waals surface area (Å²) in [6.45, 7) is 0.265. The molecule has 1 spiro atoms. The number of carbonyl (C=O) groups excluding carboxylic acids is 1. The Morgan fingerprint density at radius 2 is 1.64 bits per heavy atom. The number of fused-ring (bicyclic) bond motifs is 2. The highest BCUT2D eigenvalue weighted by Crippen LogP contribution is 2.59. The fourth-order valence-electron chi connectivity index (χ4n) is 6.95. The number of aliphatic carboxylic acids is 1. The van der Waals surface area contributed by atoms with Gasteiger partial charge in [-0.3, -0.25) is 18.8 Å². The Morgan fingerprint density at radius 3 is 2.27 bits per heavy atom. The Hall–Kier alpha value is -3.97. The predicted molar refractivity (Wildman–Crippen MR) is 157 cm³/mol. The van der Waals surface area contributed by atoms with Crippen LogP contribution in [0, 0.1) is 11.7 Å². The summed E-state index contributed by atoms with van der Waals surface area (Å²) in [7, 11) is -4.18. The van der Waals surface area contributed by atoms with Gasteiger partial charge in [-0.05, 0) is 104 Å². The van der Waals surface area contributed by atoms with Gasteiger partial charge in [-0.25, -0.2) is 12.8 Å². The fraction of sp³-hybridized carbons (Fsp3) is 0.375. The molecular formula is C32H31F4N3O5S. The molecule has 0 aromatic heterocycles. The van der Waals surface area contributed by atoms with Crippen LogP contribution in [-0.4, -0.2) is 56.0 Å². The standard InChI is InChI=1S/C32H31F4N3O5S/c33-23-8-10-24(11-9-23)45(43,44)39-27-12-7-21(30(42)37-18-22-3-1-2-4-25(22)32(34,35)36)17-26(27)31(29(39)20-5-6-20)13-15-38(16-14-31)19-28(40)41/h1-4,7-12,17,20,29H,5-6,13-16,18-19H2,(H,37,42)(H,40,41). The summed E-state index contributed by atoms with van der Waals surface area (Å²) in [5, 5.41) is 11.9. The molecule has 6 rings (SSSR count). The highest BCUT2D eigenvalue weighted by Gasteiger charge is 2.60. The van der Waals surface area contributed by atoms with Crippen LogP contribution in [0.3, 0.4) is 0 Å². The van der Waals surface area contributed by atoms with Crippen molar-refractivity contribution >= 4 is 27.6 Å². The molecule has 0 radical (unpaired) electrons. The minimum Gasteiger partial charge on any atom is -0.480 e. The zero-order valence-corrected chi connectivity index (χ0v) is 24.9. The van der Waals surface area contributed by atoms with Crippen LogP contribution in [0.25, 0.3) is 0 Å². The lowest BCUT2D eigenvalue weighted by Gasteiger charge is -2.44. The van der Waals surface area contributed by atoms with Crippen LogP contribution in [-0.2, 0) is 33.0 Å². The van der Waals surface area contributed by atoms with E-state index in [9.17, 15) is 40.7 Å². The molecule has 3 aliphatic rings. The molecule has 2 heterocycles. The summed E-state index contributed by atoms with van der Waals surface area (Å²) in [6.07, 6.45) is -2.13. The third kappa shape index (κ3) is 5.79. The number of anilines is 1. The second kappa shape index (κ2) is 11.4.